The van der Waals surface area contributed by atoms with E-state index in [-0.39, 0.29) is 10.8 Å². The zero-order valence-electron chi connectivity index (χ0n) is 14.4. The smallest absolute Gasteiger partial charge is 0.410 e. The fraction of sp³-hybridized carbons (Fsp3) is 0.867. The van der Waals surface area contributed by atoms with E-state index in [0.717, 1.165) is 0 Å². The van der Waals surface area contributed by atoms with Crippen LogP contribution in [0.1, 0.15) is 53.4 Å². The Labute approximate surface area is 136 Å². The van der Waals surface area contributed by atoms with Crippen molar-refractivity contribution in [2.75, 3.05) is 19.6 Å². The lowest BCUT2D eigenvalue weighted by atomic mass is 9.84. The maximum Gasteiger partial charge on any atom is 0.410 e. The molecule has 132 valence electrons. The van der Waals surface area contributed by atoms with Gasteiger partial charge >= 0.3 is 6.09 Å². The monoisotopic (exact) mass is 329 g/mol. The van der Waals surface area contributed by atoms with E-state index in [1.54, 1.807) is 20.8 Å². The van der Waals surface area contributed by atoms with Gasteiger partial charge in [0.2, 0.25) is 11.4 Å². The topological polar surface area (TPSA) is 102 Å². The molecule has 1 fully saturated rings. The third kappa shape index (κ3) is 6.03. The number of nitrogens with zero attached hydrogens (tertiary/aromatic N) is 2. The lowest BCUT2D eigenvalue weighted by molar-refractivity contribution is -0.576. The Kier molecular flexibility index (Phi) is 6.35. The number of hydrogen-bond acceptors (Lipinski definition) is 5. The molecule has 1 rings (SSSR count). The lowest BCUT2D eigenvalue weighted by Crippen LogP contribution is -2.51. The Hall–Kier alpha value is -1.86. The molecule has 8 heteroatoms. The van der Waals surface area contributed by atoms with Crippen molar-refractivity contribution < 1.29 is 19.2 Å². The molecule has 1 saturated heterocycles. The SMILES string of the molecule is CC(=O)NCCCC1([N+](=O)[O-])CCN(C(=O)OC(C)(C)C)CC1. The van der Waals surface area contributed by atoms with Gasteiger partial charge in [-0.25, -0.2) is 4.79 Å². The van der Waals surface area contributed by atoms with Crippen LogP contribution in [0.25, 0.3) is 0 Å². The van der Waals surface area contributed by atoms with Gasteiger partial charge in [-0.2, -0.15) is 0 Å². The molecule has 0 aliphatic carbocycles. The van der Waals surface area contributed by atoms with Crippen molar-refractivity contribution in [3.63, 3.8) is 0 Å². The molecular formula is C15H27N3O5. The molecule has 0 aromatic heterocycles. The van der Waals surface area contributed by atoms with Crippen LogP contribution in [0.3, 0.4) is 0 Å². The number of amides is 2. The summed E-state index contributed by atoms with van der Waals surface area (Å²) >= 11 is 0. The fourth-order valence-corrected chi connectivity index (χ4v) is 2.64. The van der Waals surface area contributed by atoms with E-state index in [2.05, 4.69) is 5.32 Å². The van der Waals surface area contributed by atoms with Crippen LogP contribution in [-0.4, -0.2) is 52.6 Å². The summed E-state index contributed by atoms with van der Waals surface area (Å²) in [7, 11) is 0. The number of nitro groups is 1. The molecule has 1 aliphatic heterocycles. The molecule has 2 amide bonds. The van der Waals surface area contributed by atoms with Gasteiger partial charge in [0.05, 0.1) is 0 Å². The third-order valence-corrected chi connectivity index (χ3v) is 3.93. The summed E-state index contributed by atoms with van der Waals surface area (Å²) in [4.78, 5) is 35.6. The molecule has 8 nitrogen and oxygen atoms in total. The van der Waals surface area contributed by atoms with Gasteiger partial charge in [0, 0.05) is 50.7 Å². The van der Waals surface area contributed by atoms with Gasteiger partial charge in [-0.05, 0) is 27.2 Å². The van der Waals surface area contributed by atoms with Crippen LogP contribution in [0.2, 0.25) is 0 Å². The average Bonchev–Trinajstić information content (AvgIpc) is 2.42. The maximum absolute atomic E-state index is 12.0. The van der Waals surface area contributed by atoms with Crippen molar-refractivity contribution in [3.8, 4) is 0 Å². The van der Waals surface area contributed by atoms with Crippen molar-refractivity contribution in [2.24, 2.45) is 0 Å². The molecule has 23 heavy (non-hydrogen) atoms. The molecule has 0 unspecified atom stereocenters. The van der Waals surface area contributed by atoms with Gasteiger partial charge in [-0.1, -0.05) is 0 Å². The zero-order valence-corrected chi connectivity index (χ0v) is 14.4. The largest absolute Gasteiger partial charge is 0.444 e. The zero-order chi connectivity index (χ0) is 17.7. The number of carbonyl (C=O) groups is 2. The Morgan fingerprint density at radius 2 is 1.87 bits per heavy atom. The van der Waals surface area contributed by atoms with E-state index in [1.807, 2.05) is 0 Å². The number of likely N-dealkylation sites (tertiary alicyclic amines) is 1. The minimum absolute atomic E-state index is 0.139. The average molecular weight is 329 g/mol. The molecule has 0 aromatic rings. The first-order chi connectivity index (χ1) is 10.6. The Balaban J connectivity index is 2.55. The highest BCUT2D eigenvalue weighted by molar-refractivity contribution is 5.72. The first kappa shape index (κ1) is 19.2. The Bertz CT molecular complexity index is 451. The minimum Gasteiger partial charge on any atom is -0.444 e. The van der Waals surface area contributed by atoms with Gasteiger partial charge in [0.25, 0.3) is 0 Å². The quantitative estimate of drug-likeness (QED) is 0.472. The van der Waals surface area contributed by atoms with Crippen molar-refractivity contribution in [3.05, 3.63) is 10.1 Å². The molecule has 1 N–H and O–H groups in total. The second-order valence-electron chi connectivity index (χ2n) is 7.04. The van der Waals surface area contributed by atoms with E-state index >= 15 is 0 Å². The van der Waals surface area contributed by atoms with Crippen molar-refractivity contribution in [2.45, 2.75) is 64.5 Å². The molecule has 0 bridgehead atoms. The summed E-state index contributed by atoms with van der Waals surface area (Å²) in [6.45, 7) is 7.85. The van der Waals surface area contributed by atoms with E-state index in [4.69, 9.17) is 4.74 Å². The highest BCUT2D eigenvalue weighted by Crippen LogP contribution is 2.31. The summed E-state index contributed by atoms with van der Waals surface area (Å²) in [6.07, 6.45) is 1.13. The predicted octanol–water partition coefficient (Wildman–Crippen LogP) is 1.95. The van der Waals surface area contributed by atoms with Crippen LogP contribution in [0.5, 0.6) is 0 Å². The molecule has 0 radical (unpaired) electrons. The molecule has 1 aliphatic rings. The van der Waals surface area contributed by atoms with Gasteiger partial charge in [-0.15, -0.1) is 0 Å². The van der Waals surface area contributed by atoms with Gasteiger partial charge in [0.1, 0.15) is 5.60 Å². The molecular weight excluding hydrogens is 302 g/mol. The van der Waals surface area contributed by atoms with Crippen LogP contribution in [-0.2, 0) is 9.53 Å². The van der Waals surface area contributed by atoms with Crippen molar-refractivity contribution in [1.29, 1.82) is 0 Å². The first-order valence-corrected chi connectivity index (χ1v) is 7.93. The number of hydrogen-bond donors (Lipinski definition) is 1. The van der Waals surface area contributed by atoms with Crippen LogP contribution < -0.4 is 5.32 Å². The standard InChI is InChI=1S/C15H27N3O5/c1-12(19)16-9-5-6-15(18(21)22)7-10-17(11-8-15)13(20)23-14(2,3)4/h5-11H2,1-4H3,(H,16,19). The van der Waals surface area contributed by atoms with Crippen LogP contribution in [0.4, 0.5) is 4.79 Å². The van der Waals surface area contributed by atoms with Gasteiger partial charge in [-0.3, -0.25) is 14.9 Å². The predicted molar refractivity (Wildman–Crippen MR) is 84.7 cm³/mol. The highest BCUT2D eigenvalue weighted by Gasteiger charge is 2.46. The molecule has 0 spiro atoms. The number of carbonyl (C=O) groups excluding carboxylic acids is 2. The fourth-order valence-electron chi connectivity index (χ4n) is 2.64. The number of ether oxygens (including phenoxy) is 1. The van der Waals surface area contributed by atoms with Crippen LogP contribution in [0.15, 0.2) is 0 Å². The molecule has 0 aromatic carbocycles. The Morgan fingerprint density at radius 3 is 2.30 bits per heavy atom. The molecule has 1 heterocycles. The maximum atomic E-state index is 12.0. The summed E-state index contributed by atoms with van der Waals surface area (Å²) < 4.78 is 5.30. The number of rotatable bonds is 5. The van der Waals surface area contributed by atoms with Gasteiger partial charge in [0.15, 0.2) is 0 Å². The van der Waals surface area contributed by atoms with E-state index in [1.165, 1.54) is 11.8 Å². The summed E-state index contributed by atoms with van der Waals surface area (Å²) in [6, 6.07) is 0. The van der Waals surface area contributed by atoms with Gasteiger partial charge < -0.3 is 15.0 Å². The summed E-state index contributed by atoms with van der Waals surface area (Å²) in [5, 5.41) is 14.1. The minimum atomic E-state index is -1.02. The summed E-state index contributed by atoms with van der Waals surface area (Å²) in [5.41, 5.74) is -1.59. The Morgan fingerprint density at radius 1 is 1.30 bits per heavy atom. The second-order valence-corrected chi connectivity index (χ2v) is 7.04. The molecule has 0 atom stereocenters. The van der Waals surface area contributed by atoms with Crippen molar-refractivity contribution >= 4 is 12.0 Å². The lowest BCUT2D eigenvalue weighted by Gasteiger charge is -2.36. The number of piperidine rings is 1. The molecule has 0 saturated carbocycles. The third-order valence-electron chi connectivity index (χ3n) is 3.93. The second kappa shape index (κ2) is 7.61. The van der Waals surface area contributed by atoms with Crippen LogP contribution in [0, 0.1) is 10.1 Å². The number of nitrogens with one attached hydrogen (secondary N) is 1. The highest BCUT2D eigenvalue weighted by atomic mass is 16.6. The van der Waals surface area contributed by atoms with Crippen LogP contribution >= 0.6 is 0 Å². The first-order valence-electron chi connectivity index (χ1n) is 7.93. The van der Waals surface area contributed by atoms with E-state index in [9.17, 15) is 19.7 Å². The normalized spacial score (nSPS) is 17.5. The van der Waals surface area contributed by atoms with Crippen molar-refractivity contribution in [1.82, 2.24) is 10.2 Å². The summed E-state index contributed by atoms with van der Waals surface area (Å²) in [5.74, 6) is -0.139. The van der Waals surface area contributed by atoms with E-state index < -0.39 is 17.2 Å². The van der Waals surface area contributed by atoms with E-state index in [0.29, 0.717) is 45.3 Å².